The molecule has 0 spiro atoms. The minimum Gasteiger partial charge on any atom is -0.313 e. The molecule has 1 N–H and O–H groups in total. The van der Waals surface area contributed by atoms with Crippen molar-refractivity contribution in [3.05, 3.63) is 34.4 Å². The zero-order chi connectivity index (χ0) is 12.3. The van der Waals surface area contributed by atoms with Crippen molar-refractivity contribution in [3.63, 3.8) is 0 Å². The lowest BCUT2D eigenvalue weighted by atomic mass is 9.83. The quantitative estimate of drug-likeness (QED) is 0.758. The highest BCUT2D eigenvalue weighted by molar-refractivity contribution is 5.36. The van der Waals surface area contributed by atoms with Crippen molar-refractivity contribution >= 4 is 0 Å². The summed E-state index contributed by atoms with van der Waals surface area (Å²) >= 11 is 0. The highest BCUT2D eigenvalue weighted by Gasteiger charge is 2.16. The van der Waals surface area contributed by atoms with Crippen LogP contribution in [0, 0.1) is 26.7 Å². The monoisotopic (exact) mass is 231 g/mol. The van der Waals surface area contributed by atoms with Gasteiger partial charge >= 0.3 is 0 Å². The third-order valence-corrected chi connectivity index (χ3v) is 4.22. The van der Waals surface area contributed by atoms with Crippen LogP contribution in [0.4, 0.5) is 0 Å². The van der Waals surface area contributed by atoms with Crippen LogP contribution in [0.5, 0.6) is 0 Å². The Hall–Kier alpha value is -0.820. The van der Waals surface area contributed by atoms with Crippen molar-refractivity contribution in [2.45, 2.75) is 53.0 Å². The number of aryl methyl sites for hydroxylation is 3. The first-order chi connectivity index (χ1) is 8.16. The van der Waals surface area contributed by atoms with Gasteiger partial charge in [0.05, 0.1) is 0 Å². The maximum atomic E-state index is 3.59. The molecule has 0 aromatic heterocycles. The lowest BCUT2D eigenvalue weighted by molar-refractivity contribution is 0.292. The van der Waals surface area contributed by atoms with E-state index >= 15 is 0 Å². The van der Waals surface area contributed by atoms with E-state index in [2.05, 4.69) is 38.2 Å². The molecule has 0 aliphatic heterocycles. The standard InChI is InChI=1S/C16H25N/c1-12-9-14(3)16(10-13(12)2)11-17-8-7-15-5-4-6-15/h9-10,15,17H,4-8,11H2,1-3H3. The summed E-state index contributed by atoms with van der Waals surface area (Å²) in [5.74, 6) is 1.02. The van der Waals surface area contributed by atoms with E-state index in [4.69, 9.17) is 0 Å². The van der Waals surface area contributed by atoms with Gasteiger partial charge in [-0.2, -0.15) is 0 Å². The van der Waals surface area contributed by atoms with E-state index in [9.17, 15) is 0 Å². The molecule has 17 heavy (non-hydrogen) atoms. The molecule has 1 aromatic carbocycles. The first kappa shape index (κ1) is 12.6. The third kappa shape index (κ3) is 3.32. The van der Waals surface area contributed by atoms with Crippen LogP contribution in [0.25, 0.3) is 0 Å². The van der Waals surface area contributed by atoms with Crippen LogP contribution in [-0.4, -0.2) is 6.54 Å². The van der Waals surface area contributed by atoms with E-state index in [-0.39, 0.29) is 0 Å². The van der Waals surface area contributed by atoms with Gasteiger partial charge in [0, 0.05) is 6.54 Å². The van der Waals surface area contributed by atoms with E-state index in [0.717, 1.165) is 12.5 Å². The first-order valence-corrected chi connectivity index (χ1v) is 6.94. The number of rotatable bonds is 5. The molecule has 0 radical (unpaired) electrons. The summed E-state index contributed by atoms with van der Waals surface area (Å²) in [7, 11) is 0. The van der Waals surface area contributed by atoms with Gasteiger partial charge in [-0.05, 0) is 61.9 Å². The maximum Gasteiger partial charge on any atom is 0.0208 e. The predicted molar refractivity (Wildman–Crippen MR) is 74.3 cm³/mol. The predicted octanol–water partition coefficient (Wildman–Crippen LogP) is 3.89. The molecule has 1 heteroatoms. The number of benzene rings is 1. The highest BCUT2D eigenvalue weighted by atomic mass is 14.8. The molecular formula is C16H25N. The zero-order valence-corrected chi connectivity index (χ0v) is 11.5. The Morgan fingerprint density at radius 1 is 1.06 bits per heavy atom. The second-order valence-electron chi connectivity index (χ2n) is 5.63. The fraction of sp³-hybridized carbons (Fsp3) is 0.625. The van der Waals surface area contributed by atoms with Gasteiger partial charge in [-0.3, -0.25) is 0 Å². The van der Waals surface area contributed by atoms with Gasteiger partial charge in [0.25, 0.3) is 0 Å². The molecule has 2 rings (SSSR count). The molecule has 1 saturated carbocycles. The zero-order valence-electron chi connectivity index (χ0n) is 11.5. The fourth-order valence-electron chi connectivity index (χ4n) is 2.52. The molecule has 0 atom stereocenters. The Kier molecular flexibility index (Phi) is 4.22. The molecular weight excluding hydrogens is 206 g/mol. The average Bonchev–Trinajstić information content (AvgIpc) is 2.22. The number of hydrogen-bond acceptors (Lipinski definition) is 1. The lowest BCUT2D eigenvalue weighted by Crippen LogP contribution is -2.21. The molecule has 1 aliphatic carbocycles. The minimum atomic E-state index is 1.02. The Labute approximate surface area is 106 Å². The van der Waals surface area contributed by atoms with Crippen LogP contribution >= 0.6 is 0 Å². The van der Waals surface area contributed by atoms with E-state index in [1.54, 1.807) is 0 Å². The summed E-state index contributed by atoms with van der Waals surface area (Å²) in [5, 5.41) is 3.59. The summed E-state index contributed by atoms with van der Waals surface area (Å²) in [6.07, 6.45) is 5.75. The molecule has 94 valence electrons. The van der Waals surface area contributed by atoms with Crippen molar-refractivity contribution in [3.8, 4) is 0 Å². The molecule has 0 bridgehead atoms. The smallest absolute Gasteiger partial charge is 0.0208 e. The van der Waals surface area contributed by atoms with Gasteiger partial charge in [-0.1, -0.05) is 31.4 Å². The fourth-order valence-corrected chi connectivity index (χ4v) is 2.52. The second-order valence-corrected chi connectivity index (χ2v) is 5.63. The number of hydrogen-bond donors (Lipinski definition) is 1. The van der Waals surface area contributed by atoms with Gasteiger partial charge in [-0.15, -0.1) is 0 Å². The molecule has 1 fully saturated rings. The van der Waals surface area contributed by atoms with Crippen LogP contribution < -0.4 is 5.32 Å². The Morgan fingerprint density at radius 2 is 1.76 bits per heavy atom. The van der Waals surface area contributed by atoms with Gasteiger partial charge in [0.15, 0.2) is 0 Å². The van der Waals surface area contributed by atoms with Gasteiger partial charge < -0.3 is 5.32 Å². The summed E-state index contributed by atoms with van der Waals surface area (Å²) in [4.78, 5) is 0. The Bertz CT molecular complexity index is 377. The van der Waals surface area contributed by atoms with Crippen LogP contribution in [0.2, 0.25) is 0 Å². The van der Waals surface area contributed by atoms with E-state index in [0.29, 0.717) is 0 Å². The van der Waals surface area contributed by atoms with E-state index in [1.165, 1.54) is 54.5 Å². The highest BCUT2D eigenvalue weighted by Crippen LogP contribution is 2.28. The molecule has 0 heterocycles. The third-order valence-electron chi connectivity index (χ3n) is 4.22. The van der Waals surface area contributed by atoms with Crippen LogP contribution in [0.1, 0.15) is 47.9 Å². The maximum absolute atomic E-state index is 3.59. The van der Waals surface area contributed by atoms with E-state index < -0.39 is 0 Å². The molecule has 0 amide bonds. The molecule has 1 aliphatic rings. The summed E-state index contributed by atoms with van der Waals surface area (Å²) < 4.78 is 0. The van der Waals surface area contributed by atoms with Gasteiger partial charge in [0.1, 0.15) is 0 Å². The van der Waals surface area contributed by atoms with E-state index in [1.807, 2.05) is 0 Å². The summed E-state index contributed by atoms with van der Waals surface area (Å²) in [6, 6.07) is 4.64. The van der Waals surface area contributed by atoms with Crippen LogP contribution in [0.3, 0.4) is 0 Å². The van der Waals surface area contributed by atoms with Crippen LogP contribution in [-0.2, 0) is 6.54 Å². The first-order valence-electron chi connectivity index (χ1n) is 6.94. The van der Waals surface area contributed by atoms with Crippen molar-refractivity contribution in [1.82, 2.24) is 5.32 Å². The Balaban J connectivity index is 1.79. The molecule has 1 nitrogen and oxygen atoms in total. The summed E-state index contributed by atoms with van der Waals surface area (Å²) in [5.41, 5.74) is 5.69. The minimum absolute atomic E-state index is 1.02. The molecule has 0 unspecified atom stereocenters. The van der Waals surface area contributed by atoms with Crippen molar-refractivity contribution in [2.75, 3.05) is 6.54 Å². The largest absolute Gasteiger partial charge is 0.313 e. The van der Waals surface area contributed by atoms with Gasteiger partial charge in [-0.25, -0.2) is 0 Å². The summed E-state index contributed by atoms with van der Waals surface area (Å²) in [6.45, 7) is 8.81. The van der Waals surface area contributed by atoms with Crippen molar-refractivity contribution in [1.29, 1.82) is 0 Å². The average molecular weight is 231 g/mol. The lowest BCUT2D eigenvalue weighted by Gasteiger charge is -2.25. The normalized spacial score (nSPS) is 15.9. The second kappa shape index (κ2) is 5.68. The SMILES string of the molecule is Cc1cc(C)c(CNCCC2CCC2)cc1C. The van der Waals surface area contributed by atoms with Crippen molar-refractivity contribution in [2.24, 2.45) is 5.92 Å². The van der Waals surface area contributed by atoms with Crippen LogP contribution in [0.15, 0.2) is 12.1 Å². The Morgan fingerprint density at radius 3 is 2.41 bits per heavy atom. The molecule has 1 aromatic rings. The topological polar surface area (TPSA) is 12.0 Å². The number of nitrogens with one attached hydrogen (secondary N) is 1. The van der Waals surface area contributed by atoms with Gasteiger partial charge in [0.2, 0.25) is 0 Å². The van der Waals surface area contributed by atoms with Crippen molar-refractivity contribution < 1.29 is 0 Å². The molecule has 0 saturated heterocycles.